The first-order chi connectivity index (χ1) is 16.1. The quantitative estimate of drug-likeness (QED) is 0.362. The topological polar surface area (TPSA) is 38.3 Å². The number of halogens is 10. The van der Waals surface area contributed by atoms with E-state index in [-0.39, 0.29) is 17.5 Å². The summed E-state index contributed by atoms with van der Waals surface area (Å²) in [4.78, 5) is 12.2. The SMILES string of the molecule is O=C(Nc1ccc(Oc2cc(C(F)(F)F)cc(C(F)(F)F)c2)cc1)c1c(F)cccc1C(F)(F)F. The fraction of sp³-hybridized carbons (Fsp3) is 0.136. The smallest absolute Gasteiger partial charge is 0.417 e. The fourth-order valence-corrected chi connectivity index (χ4v) is 2.91. The molecule has 0 fully saturated rings. The number of amides is 1. The van der Waals surface area contributed by atoms with Gasteiger partial charge in [0.05, 0.1) is 22.3 Å². The molecule has 0 aliphatic heterocycles. The van der Waals surface area contributed by atoms with Crippen LogP contribution in [-0.2, 0) is 18.5 Å². The highest BCUT2D eigenvalue weighted by atomic mass is 19.4. The lowest BCUT2D eigenvalue weighted by atomic mass is 10.1. The molecular formula is C22H11F10NO2. The Bertz CT molecular complexity index is 1200. The summed E-state index contributed by atoms with van der Waals surface area (Å²) in [5, 5.41) is 2.03. The lowest BCUT2D eigenvalue weighted by molar-refractivity contribution is -0.143. The van der Waals surface area contributed by atoms with Crippen LogP contribution in [0, 0.1) is 5.82 Å². The molecule has 186 valence electrons. The zero-order chi connectivity index (χ0) is 26.2. The monoisotopic (exact) mass is 511 g/mol. The number of carbonyl (C=O) groups is 1. The summed E-state index contributed by atoms with van der Waals surface area (Å²) in [5.41, 5.74) is -6.13. The van der Waals surface area contributed by atoms with Gasteiger partial charge in [-0.25, -0.2) is 4.39 Å². The number of hydrogen-bond donors (Lipinski definition) is 1. The molecule has 0 aromatic heterocycles. The fourth-order valence-electron chi connectivity index (χ4n) is 2.91. The molecule has 0 aliphatic rings. The summed E-state index contributed by atoms with van der Waals surface area (Å²) in [6.07, 6.45) is -15.2. The van der Waals surface area contributed by atoms with Crippen molar-refractivity contribution in [2.45, 2.75) is 18.5 Å². The number of hydrogen-bond acceptors (Lipinski definition) is 2. The molecule has 1 N–H and O–H groups in total. The summed E-state index contributed by atoms with van der Waals surface area (Å²) in [6, 6.07) is 6.69. The van der Waals surface area contributed by atoms with E-state index in [4.69, 9.17) is 4.74 Å². The second-order valence-corrected chi connectivity index (χ2v) is 6.98. The van der Waals surface area contributed by atoms with E-state index in [1.54, 1.807) is 0 Å². The lowest BCUT2D eigenvalue weighted by Crippen LogP contribution is -2.20. The maximum Gasteiger partial charge on any atom is 0.417 e. The molecule has 0 saturated carbocycles. The van der Waals surface area contributed by atoms with E-state index < -0.39 is 58.3 Å². The van der Waals surface area contributed by atoms with Crippen molar-refractivity contribution in [1.29, 1.82) is 0 Å². The van der Waals surface area contributed by atoms with Gasteiger partial charge in [-0.1, -0.05) is 6.07 Å². The standard InChI is InChI=1S/C22H11F10NO2/c23-17-3-1-2-16(22(30,31)32)18(17)19(34)33-13-4-6-14(7-5-13)35-15-9-11(20(24,25)26)8-12(10-15)21(27,28)29/h1-10H,(H,33,34). The Morgan fingerprint density at radius 1 is 0.686 bits per heavy atom. The molecule has 3 aromatic carbocycles. The summed E-state index contributed by atoms with van der Waals surface area (Å²) in [6.45, 7) is 0. The molecule has 3 aromatic rings. The third kappa shape index (κ3) is 6.22. The van der Waals surface area contributed by atoms with Gasteiger partial charge >= 0.3 is 18.5 Å². The zero-order valence-electron chi connectivity index (χ0n) is 16.9. The van der Waals surface area contributed by atoms with Crippen molar-refractivity contribution in [2.24, 2.45) is 0 Å². The van der Waals surface area contributed by atoms with Gasteiger partial charge in [-0.2, -0.15) is 39.5 Å². The molecule has 0 heterocycles. The summed E-state index contributed by atoms with van der Waals surface area (Å²) in [7, 11) is 0. The molecule has 1 amide bonds. The van der Waals surface area contributed by atoms with Crippen LogP contribution in [0.2, 0.25) is 0 Å². The Hall–Kier alpha value is -3.77. The molecule has 13 heteroatoms. The van der Waals surface area contributed by atoms with Crippen LogP contribution in [0.3, 0.4) is 0 Å². The average Bonchev–Trinajstić information content (AvgIpc) is 2.73. The molecule has 0 saturated heterocycles. The van der Waals surface area contributed by atoms with Crippen molar-refractivity contribution < 1.29 is 53.4 Å². The van der Waals surface area contributed by atoms with Gasteiger partial charge in [0, 0.05) is 5.69 Å². The van der Waals surface area contributed by atoms with Crippen LogP contribution in [0.15, 0.2) is 60.7 Å². The van der Waals surface area contributed by atoms with Crippen LogP contribution >= 0.6 is 0 Å². The van der Waals surface area contributed by atoms with Gasteiger partial charge in [-0.15, -0.1) is 0 Å². The first-order valence-corrected chi connectivity index (χ1v) is 9.30. The Balaban J connectivity index is 1.83. The van der Waals surface area contributed by atoms with Gasteiger partial charge < -0.3 is 10.1 Å². The Labute approximate surface area is 189 Å². The number of alkyl halides is 9. The number of rotatable bonds is 4. The summed E-state index contributed by atoms with van der Waals surface area (Å²) in [5.74, 6) is -3.90. The highest BCUT2D eigenvalue weighted by molar-refractivity contribution is 6.05. The van der Waals surface area contributed by atoms with Crippen LogP contribution in [0.5, 0.6) is 11.5 Å². The molecule has 0 aliphatic carbocycles. The molecule has 0 unspecified atom stereocenters. The van der Waals surface area contributed by atoms with Gasteiger partial charge in [0.15, 0.2) is 0 Å². The largest absolute Gasteiger partial charge is 0.457 e. The van der Waals surface area contributed by atoms with E-state index in [2.05, 4.69) is 0 Å². The maximum atomic E-state index is 13.9. The third-order valence-electron chi connectivity index (χ3n) is 4.46. The number of nitrogens with one attached hydrogen (secondary N) is 1. The van der Waals surface area contributed by atoms with Gasteiger partial charge in [0.2, 0.25) is 0 Å². The normalized spacial score (nSPS) is 12.4. The first kappa shape index (κ1) is 25.8. The van der Waals surface area contributed by atoms with Gasteiger partial charge in [0.25, 0.3) is 5.91 Å². The molecule has 3 nitrogen and oxygen atoms in total. The van der Waals surface area contributed by atoms with E-state index in [1.807, 2.05) is 5.32 Å². The molecule has 0 atom stereocenters. The lowest BCUT2D eigenvalue weighted by Gasteiger charge is -2.15. The molecule has 3 rings (SSSR count). The molecular weight excluding hydrogens is 500 g/mol. The number of ether oxygens (including phenoxy) is 1. The minimum absolute atomic E-state index is 0.0800. The van der Waals surface area contributed by atoms with Crippen LogP contribution in [0.1, 0.15) is 27.0 Å². The van der Waals surface area contributed by atoms with E-state index >= 15 is 0 Å². The predicted molar refractivity (Wildman–Crippen MR) is 102 cm³/mol. The highest BCUT2D eigenvalue weighted by Gasteiger charge is 2.38. The van der Waals surface area contributed by atoms with Crippen molar-refractivity contribution in [3.05, 3.63) is 88.7 Å². The van der Waals surface area contributed by atoms with Crippen LogP contribution in [0.4, 0.5) is 49.6 Å². The van der Waals surface area contributed by atoms with E-state index in [0.29, 0.717) is 24.3 Å². The van der Waals surface area contributed by atoms with Crippen molar-refractivity contribution in [3.8, 4) is 11.5 Å². The first-order valence-electron chi connectivity index (χ1n) is 9.30. The van der Waals surface area contributed by atoms with E-state index in [0.717, 1.165) is 30.3 Å². The average molecular weight is 511 g/mol. The minimum Gasteiger partial charge on any atom is -0.457 e. The van der Waals surface area contributed by atoms with Crippen molar-refractivity contribution >= 4 is 11.6 Å². The van der Waals surface area contributed by atoms with Crippen molar-refractivity contribution in [3.63, 3.8) is 0 Å². The molecule has 0 bridgehead atoms. The number of anilines is 1. The van der Waals surface area contributed by atoms with Gasteiger partial charge in [-0.3, -0.25) is 4.79 Å². The van der Waals surface area contributed by atoms with Crippen LogP contribution in [0.25, 0.3) is 0 Å². The highest BCUT2D eigenvalue weighted by Crippen LogP contribution is 2.39. The minimum atomic E-state index is -5.09. The number of benzene rings is 3. The number of carbonyl (C=O) groups excluding carboxylic acids is 1. The van der Waals surface area contributed by atoms with E-state index in [9.17, 15) is 48.7 Å². The van der Waals surface area contributed by atoms with Gasteiger partial charge in [0.1, 0.15) is 17.3 Å². The third-order valence-corrected chi connectivity index (χ3v) is 4.46. The molecule has 35 heavy (non-hydrogen) atoms. The second kappa shape index (κ2) is 9.12. The maximum absolute atomic E-state index is 13.9. The Kier molecular flexibility index (Phi) is 6.73. The van der Waals surface area contributed by atoms with Crippen LogP contribution in [-0.4, -0.2) is 5.91 Å². The van der Waals surface area contributed by atoms with Crippen molar-refractivity contribution in [1.82, 2.24) is 0 Å². The molecule has 0 spiro atoms. The van der Waals surface area contributed by atoms with Gasteiger partial charge in [-0.05, 0) is 54.6 Å². The molecule has 0 radical (unpaired) electrons. The second-order valence-electron chi connectivity index (χ2n) is 6.98. The van der Waals surface area contributed by atoms with Crippen LogP contribution < -0.4 is 10.1 Å². The zero-order valence-corrected chi connectivity index (χ0v) is 16.9. The predicted octanol–water partition coefficient (Wildman–Crippen LogP) is 7.93. The Morgan fingerprint density at radius 3 is 1.71 bits per heavy atom. The summed E-state index contributed by atoms with van der Waals surface area (Å²) >= 11 is 0. The van der Waals surface area contributed by atoms with Crippen molar-refractivity contribution in [2.75, 3.05) is 5.32 Å². The Morgan fingerprint density at radius 2 is 1.23 bits per heavy atom. The van der Waals surface area contributed by atoms with E-state index in [1.165, 1.54) is 0 Å². The summed E-state index contributed by atoms with van der Waals surface area (Å²) < 4.78 is 136.